The first kappa shape index (κ1) is 16.4. The number of hydrogen-bond acceptors (Lipinski definition) is 3. The maximum Gasteiger partial charge on any atom is 0.193 e. The lowest BCUT2D eigenvalue weighted by atomic mass is 10.1. The summed E-state index contributed by atoms with van der Waals surface area (Å²) >= 11 is 6.14. The van der Waals surface area contributed by atoms with Crippen LogP contribution < -0.4 is 10.2 Å². The SMILES string of the molecule is O=c1cc(-c2ccccc2)oc2ccc(OCc3ccccc3Cl)cc12. The zero-order valence-electron chi connectivity index (χ0n) is 13.8. The third kappa shape index (κ3) is 3.35. The topological polar surface area (TPSA) is 39.4 Å². The van der Waals surface area contributed by atoms with Crippen LogP contribution in [-0.4, -0.2) is 0 Å². The highest BCUT2D eigenvalue weighted by Gasteiger charge is 2.08. The average molecular weight is 363 g/mol. The van der Waals surface area contributed by atoms with Crippen molar-refractivity contribution < 1.29 is 9.15 Å². The fourth-order valence-electron chi connectivity index (χ4n) is 2.75. The zero-order valence-corrected chi connectivity index (χ0v) is 14.6. The Kier molecular flexibility index (Phi) is 4.46. The van der Waals surface area contributed by atoms with Gasteiger partial charge in [0.25, 0.3) is 0 Å². The van der Waals surface area contributed by atoms with Gasteiger partial charge < -0.3 is 9.15 Å². The fraction of sp³-hybridized carbons (Fsp3) is 0.0455. The molecule has 26 heavy (non-hydrogen) atoms. The van der Waals surface area contributed by atoms with Gasteiger partial charge >= 0.3 is 0 Å². The van der Waals surface area contributed by atoms with Crippen LogP contribution in [0, 0.1) is 0 Å². The normalized spacial score (nSPS) is 10.8. The Morgan fingerprint density at radius 1 is 0.885 bits per heavy atom. The molecule has 4 heteroatoms. The molecular formula is C22H15ClO3. The minimum Gasteiger partial charge on any atom is -0.489 e. The Morgan fingerprint density at radius 3 is 2.46 bits per heavy atom. The Bertz CT molecular complexity index is 1120. The highest BCUT2D eigenvalue weighted by Crippen LogP contribution is 2.25. The molecule has 0 saturated heterocycles. The summed E-state index contributed by atoms with van der Waals surface area (Å²) in [5.74, 6) is 1.14. The standard InChI is InChI=1S/C22H15ClO3/c23-19-9-5-4-8-16(19)14-25-17-10-11-21-18(12-17)20(24)13-22(26-21)15-6-2-1-3-7-15/h1-13H,14H2. The van der Waals surface area contributed by atoms with Gasteiger partial charge in [0.05, 0.1) is 5.39 Å². The molecule has 3 aromatic carbocycles. The number of benzene rings is 3. The first-order valence-corrected chi connectivity index (χ1v) is 8.58. The Balaban J connectivity index is 1.64. The van der Waals surface area contributed by atoms with Crippen LogP contribution in [0.15, 0.2) is 88.1 Å². The summed E-state index contributed by atoms with van der Waals surface area (Å²) in [4.78, 5) is 12.5. The van der Waals surface area contributed by atoms with E-state index in [-0.39, 0.29) is 5.43 Å². The largest absolute Gasteiger partial charge is 0.489 e. The molecule has 0 fully saturated rings. The Labute approximate surface area is 155 Å². The van der Waals surface area contributed by atoms with Crippen LogP contribution in [0.3, 0.4) is 0 Å². The van der Waals surface area contributed by atoms with Crippen molar-refractivity contribution in [2.24, 2.45) is 0 Å². The lowest BCUT2D eigenvalue weighted by Gasteiger charge is -2.09. The molecule has 3 nitrogen and oxygen atoms in total. The van der Waals surface area contributed by atoms with E-state index in [0.717, 1.165) is 11.1 Å². The van der Waals surface area contributed by atoms with Crippen LogP contribution >= 0.6 is 11.6 Å². The number of fused-ring (bicyclic) bond motifs is 1. The van der Waals surface area contributed by atoms with Gasteiger partial charge in [-0.25, -0.2) is 0 Å². The molecule has 4 aromatic rings. The van der Waals surface area contributed by atoms with E-state index in [9.17, 15) is 4.79 Å². The van der Waals surface area contributed by atoms with Crippen LogP contribution in [0.1, 0.15) is 5.56 Å². The smallest absolute Gasteiger partial charge is 0.193 e. The first-order chi connectivity index (χ1) is 12.7. The summed E-state index contributed by atoms with van der Waals surface area (Å²) in [6.45, 7) is 0.332. The summed E-state index contributed by atoms with van der Waals surface area (Å²) in [5, 5.41) is 1.14. The summed E-state index contributed by atoms with van der Waals surface area (Å²) < 4.78 is 11.7. The summed E-state index contributed by atoms with van der Waals surface area (Å²) in [7, 11) is 0. The van der Waals surface area contributed by atoms with Crippen molar-refractivity contribution in [2.75, 3.05) is 0 Å². The molecular weight excluding hydrogens is 348 g/mol. The molecule has 4 rings (SSSR count). The van der Waals surface area contributed by atoms with Crippen molar-refractivity contribution in [3.05, 3.63) is 99.7 Å². The number of ether oxygens (including phenoxy) is 1. The molecule has 0 N–H and O–H groups in total. The third-order valence-electron chi connectivity index (χ3n) is 4.11. The van der Waals surface area contributed by atoms with Crippen LogP contribution in [-0.2, 0) is 6.61 Å². The monoisotopic (exact) mass is 362 g/mol. The molecule has 0 radical (unpaired) electrons. The number of rotatable bonds is 4. The molecule has 0 aliphatic carbocycles. The van der Waals surface area contributed by atoms with Crippen LogP contribution in [0.25, 0.3) is 22.3 Å². The number of halogens is 1. The lowest BCUT2D eigenvalue weighted by molar-refractivity contribution is 0.306. The van der Waals surface area contributed by atoms with Gasteiger partial charge in [0.15, 0.2) is 5.43 Å². The zero-order chi connectivity index (χ0) is 17.9. The van der Waals surface area contributed by atoms with Gasteiger partial charge in [-0.3, -0.25) is 4.79 Å². The maximum atomic E-state index is 12.5. The van der Waals surface area contributed by atoms with Gasteiger partial charge in [0, 0.05) is 22.2 Å². The van der Waals surface area contributed by atoms with Gasteiger partial charge in [0.2, 0.25) is 0 Å². The van der Waals surface area contributed by atoms with E-state index in [4.69, 9.17) is 20.8 Å². The Morgan fingerprint density at radius 2 is 1.65 bits per heavy atom. The minimum atomic E-state index is -0.103. The van der Waals surface area contributed by atoms with Crippen LogP contribution in [0.4, 0.5) is 0 Å². The summed E-state index contributed by atoms with van der Waals surface area (Å²) in [5.41, 5.74) is 2.18. The van der Waals surface area contributed by atoms with E-state index in [2.05, 4.69) is 0 Å². The molecule has 1 heterocycles. The molecule has 0 bridgehead atoms. The van der Waals surface area contributed by atoms with E-state index in [1.165, 1.54) is 6.07 Å². The van der Waals surface area contributed by atoms with Gasteiger partial charge in [0.1, 0.15) is 23.7 Å². The van der Waals surface area contributed by atoms with Crippen molar-refractivity contribution in [3.8, 4) is 17.1 Å². The molecule has 0 amide bonds. The molecule has 0 spiro atoms. The highest BCUT2D eigenvalue weighted by molar-refractivity contribution is 6.31. The maximum absolute atomic E-state index is 12.5. The van der Waals surface area contributed by atoms with Crippen molar-refractivity contribution in [2.45, 2.75) is 6.61 Å². The third-order valence-corrected chi connectivity index (χ3v) is 4.48. The summed E-state index contributed by atoms with van der Waals surface area (Å²) in [6.07, 6.45) is 0. The molecule has 0 unspecified atom stereocenters. The fourth-order valence-corrected chi connectivity index (χ4v) is 2.94. The van der Waals surface area contributed by atoms with Gasteiger partial charge in [-0.15, -0.1) is 0 Å². The predicted octanol–water partition coefficient (Wildman–Crippen LogP) is 5.69. The lowest BCUT2D eigenvalue weighted by Crippen LogP contribution is -2.02. The van der Waals surface area contributed by atoms with Crippen LogP contribution in [0.5, 0.6) is 5.75 Å². The minimum absolute atomic E-state index is 0.103. The molecule has 128 valence electrons. The predicted molar refractivity (Wildman–Crippen MR) is 104 cm³/mol. The molecule has 1 aromatic heterocycles. The quantitative estimate of drug-likeness (QED) is 0.468. The second-order valence-corrected chi connectivity index (χ2v) is 6.29. The molecule has 0 saturated carbocycles. The Hall–Kier alpha value is -3.04. The molecule has 0 aliphatic rings. The highest BCUT2D eigenvalue weighted by atomic mass is 35.5. The van der Waals surface area contributed by atoms with E-state index >= 15 is 0 Å². The average Bonchev–Trinajstić information content (AvgIpc) is 2.68. The van der Waals surface area contributed by atoms with Gasteiger partial charge in [-0.2, -0.15) is 0 Å². The second kappa shape index (κ2) is 7.06. The molecule has 0 atom stereocenters. The van der Waals surface area contributed by atoms with Crippen molar-refractivity contribution in [1.29, 1.82) is 0 Å². The van der Waals surface area contributed by atoms with E-state index in [1.54, 1.807) is 18.2 Å². The second-order valence-electron chi connectivity index (χ2n) is 5.88. The first-order valence-electron chi connectivity index (χ1n) is 8.20. The van der Waals surface area contributed by atoms with Gasteiger partial charge in [-0.05, 0) is 24.3 Å². The van der Waals surface area contributed by atoms with Crippen molar-refractivity contribution >= 4 is 22.6 Å². The van der Waals surface area contributed by atoms with E-state index < -0.39 is 0 Å². The van der Waals surface area contributed by atoms with E-state index in [0.29, 0.717) is 34.1 Å². The van der Waals surface area contributed by atoms with Crippen molar-refractivity contribution in [3.63, 3.8) is 0 Å². The number of hydrogen-bond donors (Lipinski definition) is 0. The van der Waals surface area contributed by atoms with Crippen LogP contribution in [0.2, 0.25) is 5.02 Å². The van der Waals surface area contributed by atoms with Gasteiger partial charge in [-0.1, -0.05) is 60.1 Å². The van der Waals surface area contributed by atoms with Crippen molar-refractivity contribution in [1.82, 2.24) is 0 Å². The van der Waals surface area contributed by atoms with E-state index in [1.807, 2.05) is 54.6 Å². The summed E-state index contributed by atoms with van der Waals surface area (Å²) in [6, 6.07) is 23.8. The molecule has 0 aliphatic heterocycles.